The summed E-state index contributed by atoms with van der Waals surface area (Å²) in [6.07, 6.45) is 4.95. The van der Waals surface area contributed by atoms with Crippen molar-refractivity contribution in [2.45, 2.75) is 12.8 Å². The Labute approximate surface area is 199 Å². The van der Waals surface area contributed by atoms with Crippen LogP contribution in [0.4, 0.5) is 17.2 Å². The SMILES string of the molecule is C=C(Nc1c[nH]c2ncnc(N3CCC(C(N)=O)CC3)c12)c1ccc(N2CCN(C)CC2)cc1. The Morgan fingerprint density at radius 3 is 2.44 bits per heavy atom. The zero-order valence-corrected chi connectivity index (χ0v) is 19.6. The van der Waals surface area contributed by atoms with Gasteiger partial charge in [0, 0.05) is 62.8 Å². The molecule has 2 saturated heterocycles. The second-order valence-corrected chi connectivity index (χ2v) is 9.23. The molecule has 9 heteroatoms. The van der Waals surface area contributed by atoms with Gasteiger partial charge in [0.05, 0.1) is 11.1 Å². The van der Waals surface area contributed by atoms with Gasteiger partial charge in [0.15, 0.2) is 0 Å². The van der Waals surface area contributed by atoms with Gasteiger partial charge in [-0.2, -0.15) is 0 Å². The molecule has 0 saturated carbocycles. The summed E-state index contributed by atoms with van der Waals surface area (Å²) in [6, 6.07) is 8.56. The molecule has 5 rings (SSSR count). The summed E-state index contributed by atoms with van der Waals surface area (Å²) in [5.41, 5.74) is 10.2. The molecule has 178 valence electrons. The number of fused-ring (bicyclic) bond motifs is 1. The van der Waals surface area contributed by atoms with Crippen molar-refractivity contribution in [1.29, 1.82) is 0 Å². The number of carbonyl (C=O) groups is 1. The maximum absolute atomic E-state index is 11.6. The number of primary amides is 1. The standard InChI is InChI=1S/C25H32N8O/c1-17(18-3-5-20(6-4-18)32-13-11-31(2)12-14-32)30-21-15-27-24-22(21)25(29-16-28-24)33-9-7-19(8-10-33)23(26)34/h3-6,15-16,19,30H,1,7-14H2,2H3,(H2,26,34)(H,27,28,29). The number of likely N-dealkylation sites (N-methyl/N-ethyl adjacent to an activating group) is 1. The van der Waals surface area contributed by atoms with Crippen molar-refractivity contribution in [3.8, 4) is 0 Å². The van der Waals surface area contributed by atoms with E-state index in [0.29, 0.717) is 0 Å². The van der Waals surface area contributed by atoms with Gasteiger partial charge in [0.2, 0.25) is 5.91 Å². The summed E-state index contributed by atoms with van der Waals surface area (Å²) in [4.78, 5) is 30.8. The molecule has 9 nitrogen and oxygen atoms in total. The minimum absolute atomic E-state index is 0.0639. The number of H-pyrrole nitrogens is 1. The number of carbonyl (C=O) groups excluding carboxylic acids is 1. The highest BCUT2D eigenvalue weighted by Gasteiger charge is 2.26. The van der Waals surface area contributed by atoms with Crippen LogP contribution in [0.15, 0.2) is 43.4 Å². The Kier molecular flexibility index (Phi) is 6.10. The molecule has 34 heavy (non-hydrogen) atoms. The van der Waals surface area contributed by atoms with Crippen LogP contribution in [0.3, 0.4) is 0 Å². The number of nitrogens with one attached hydrogen (secondary N) is 2. The number of anilines is 3. The van der Waals surface area contributed by atoms with Gasteiger partial charge in [0.25, 0.3) is 0 Å². The number of aromatic nitrogens is 3. The lowest BCUT2D eigenvalue weighted by atomic mass is 9.96. The Hall–Kier alpha value is -3.59. The summed E-state index contributed by atoms with van der Waals surface area (Å²) in [5, 5.41) is 4.39. The average molecular weight is 461 g/mol. The molecule has 0 atom stereocenters. The van der Waals surface area contributed by atoms with Gasteiger partial charge >= 0.3 is 0 Å². The van der Waals surface area contributed by atoms with E-state index in [1.165, 1.54) is 5.69 Å². The number of rotatable bonds is 6. The lowest BCUT2D eigenvalue weighted by Gasteiger charge is -2.34. The molecule has 2 aliphatic heterocycles. The first-order chi connectivity index (χ1) is 16.5. The van der Waals surface area contributed by atoms with Crippen LogP contribution in [0.5, 0.6) is 0 Å². The number of piperazine rings is 1. The quantitative estimate of drug-likeness (QED) is 0.519. The molecule has 0 aliphatic carbocycles. The Bertz CT molecular complexity index is 1170. The van der Waals surface area contributed by atoms with E-state index >= 15 is 0 Å². The minimum atomic E-state index is -0.216. The Morgan fingerprint density at radius 1 is 1.06 bits per heavy atom. The fraction of sp³-hybridized carbons (Fsp3) is 0.400. The molecule has 0 unspecified atom stereocenters. The molecule has 0 radical (unpaired) electrons. The zero-order valence-electron chi connectivity index (χ0n) is 19.6. The van der Waals surface area contributed by atoms with Gasteiger partial charge in [-0.15, -0.1) is 0 Å². The van der Waals surface area contributed by atoms with Crippen molar-refractivity contribution in [3.05, 3.63) is 48.9 Å². The summed E-state index contributed by atoms with van der Waals surface area (Å²) < 4.78 is 0. The van der Waals surface area contributed by atoms with Gasteiger partial charge in [-0.1, -0.05) is 18.7 Å². The predicted molar refractivity (Wildman–Crippen MR) is 137 cm³/mol. The number of hydrogen-bond donors (Lipinski definition) is 3. The molecular formula is C25H32N8O. The third-order valence-corrected chi connectivity index (χ3v) is 7.02. The van der Waals surface area contributed by atoms with Gasteiger partial charge in [-0.3, -0.25) is 4.79 Å². The number of hydrogen-bond acceptors (Lipinski definition) is 7. The van der Waals surface area contributed by atoms with E-state index in [9.17, 15) is 4.79 Å². The fourth-order valence-corrected chi connectivity index (χ4v) is 4.83. The molecule has 4 heterocycles. The molecule has 2 aromatic heterocycles. The number of nitrogens with two attached hydrogens (primary N) is 1. The lowest BCUT2D eigenvalue weighted by molar-refractivity contribution is -0.122. The molecule has 2 fully saturated rings. The molecule has 1 aromatic carbocycles. The van der Waals surface area contributed by atoms with Crippen LogP contribution in [0.2, 0.25) is 0 Å². The van der Waals surface area contributed by atoms with Crippen LogP contribution in [-0.2, 0) is 4.79 Å². The zero-order chi connectivity index (χ0) is 23.7. The third-order valence-electron chi connectivity index (χ3n) is 7.02. The maximum atomic E-state index is 11.6. The van der Waals surface area contributed by atoms with E-state index in [1.807, 2.05) is 6.20 Å². The molecule has 0 spiro atoms. The average Bonchev–Trinajstić information content (AvgIpc) is 3.27. The molecular weight excluding hydrogens is 428 g/mol. The number of nitrogens with zero attached hydrogens (tertiary/aromatic N) is 5. The van der Waals surface area contributed by atoms with Crippen molar-refractivity contribution < 1.29 is 4.79 Å². The summed E-state index contributed by atoms with van der Waals surface area (Å²) >= 11 is 0. The minimum Gasteiger partial charge on any atom is -0.369 e. The monoisotopic (exact) mass is 460 g/mol. The molecule has 3 aromatic rings. The van der Waals surface area contributed by atoms with Crippen LogP contribution in [0, 0.1) is 5.92 Å². The van der Waals surface area contributed by atoms with Crippen LogP contribution < -0.4 is 20.9 Å². The summed E-state index contributed by atoms with van der Waals surface area (Å²) in [5.74, 6) is 0.576. The smallest absolute Gasteiger partial charge is 0.220 e. The van der Waals surface area contributed by atoms with Crippen molar-refractivity contribution in [3.63, 3.8) is 0 Å². The number of amides is 1. The van der Waals surface area contributed by atoms with E-state index in [2.05, 4.69) is 72.9 Å². The van der Waals surface area contributed by atoms with Gasteiger partial charge < -0.3 is 30.7 Å². The molecule has 1 amide bonds. The highest BCUT2D eigenvalue weighted by molar-refractivity contribution is 6.01. The Morgan fingerprint density at radius 2 is 1.76 bits per heavy atom. The maximum Gasteiger partial charge on any atom is 0.220 e. The van der Waals surface area contributed by atoms with Crippen LogP contribution >= 0.6 is 0 Å². The van der Waals surface area contributed by atoms with E-state index in [0.717, 1.165) is 85.9 Å². The first-order valence-electron chi connectivity index (χ1n) is 11.9. The fourth-order valence-electron chi connectivity index (χ4n) is 4.83. The van der Waals surface area contributed by atoms with Crippen molar-refractivity contribution in [2.24, 2.45) is 11.7 Å². The van der Waals surface area contributed by atoms with Gasteiger partial charge in [0.1, 0.15) is 17.8 Å². The topological polar surface area (TPSA) is 106 Å². The largest absolute Gasteiger partial charge is 0.369 e. The highest BCUT2D eigenvalue weighted by Crippen LogP contribution is 2.34. The lowest BCUT2D eigenvalue weighted by Crippen LogP contribution is -2.44. The molecule has 4 N–H and O–H groups in total. The number of aromatic amines is 1. The van der Waals surface area contributed by atoms with Crippen LogP contribution in [0.25, 0.3) is 16.7 Å². The predicted octanol–water partition coefficient (Wildman–Crippen LogP) is 2.49. The van der Waals surface area contributed by atoms with Crippen molar-refractivity contribution >= 4 is 39.8 Å². The molecule has 2 aliphatic rings. The second-order valence-electron chi connectivity index (χ2n) is 9.23. The molecule has 0 bridgehead atoms. The van der Waals surface area contributed by atoms with Gasteiger partial charge in [-0.25, -0.2) is 9.97 Å². The van der Waals surface area contributed by atoms with E-state index in [-0.39, 0.29) is 11.8 Å². The Balaban J connectivity index is 1.32. The number of piperidine rings is 1. The van der Waals surface area contributed by atoms with E-state index in [1.54, 1.807) is 6.33 Å². The first-order valence-corrected chi connectivity index (χ1v) is 11.9. The van der Waals surface area contributed by atoms with Crippen molar-refractivity contribution in [2.75, 3.05) is 61.4 Å². The third kappa shape index (κ3) is 4.43. The first kappa shape index (κ1) is 22.2. The summed E-state index contributed by atoms with van der Waals surface area (Å²) in [6.45, 7) is 10.0. The van der Waals surface area contributed by atoms with Gasteiger partial charge in [-0.05, 0) is 37.6 Å². The summed E-state index contributed by atoms with van der Waals surface area (Å²) in [7, 11) is 2.17. The van der Waals surface area contributed by atoms with E-state index in [4.69, 9.17) is 5.73 Å². The van der Waals surface area contributed by atoms with E-state index < -0.39 is 0 Å². The number of benzene rings is 1. The second kappa shape index (κ2) is 9.34. The highest BCUT2D eigenvalue weighted by atomic mass is 16.1. The normalized spacial score (nSPS) is 17.8. The van der Waals surface area contributed by atoms with Crippen molar-refractivity contribution in [1.82, 2.24) is 19.9 Å². The van der Waals surface area contributed by atoms with Crippen LogP contribution in [-0.4, -0.2) is 72.1 Å². The van der Waals surface area contributed by atoms with Crippen LogP contribution in [0.1, 0.15) is 18.4 Å².